The van der Waals surface area contributed by atoms with Crippen LogP contribution in [0.5, 0.6) is 0 Å². The molecule has 1 unspecified atom stereocenters. The van der Waals surface area contributed by atoms with Gasteiger partial charge < -0.3 is 14.8 Å². The van der Waals surface area contributed by atoms with Crippen LogP contribution in [0, 0.1) is 5.82 Å². The van der Waals surface area contributed by atoms with Gasteiger partial charge in [-0.15, -0.1) is 0 Å². The number of nitrogens with one attached hydrogen (secondary N) is 1. The minimum absolute atomic E-state index is 0.0699. The molecular formula is C15H23FN2O2. The zero-order chi connectivity index (χ0) is 14.4. The number of rotatable bonds is 6. The summed E-state index contributed by atoms with van der Waals surface area (Å²) < 4.78 is 24.8. The van der Waals surface area contributed by atoms with Gasteiger partial charge in [0, 0.05) is 39.4 Å². The van der Waals surface area contributed by atoms with Crippen molar-refractivity contribution in [2.75, 3.05) is 26.9 Å². The summed E-state index contributed by atoms with van der Waals surface area (Å²) in [5, 5.41) is 3.49. The number of ether oxygens (including phenoxy) is 2. The van der Waals surface area contributed by atoms with Crippen LogP contribution >= 0.6 is 0 Å². The van der Waals surface area contributed by atoms with Crippen LogP contribution in [0.2, 0.25) is 0 Å². The molecule has 4 nitrogen and oxygen atoms in total. The number of methoxy groups -OCH3 is 1. The third-order valence-electron chi connectivity index (χ3n) is 3.93. The molecule has 1 aliphatic rings. The van der Waals surface area contributed by atoms with Gasteiger partial charge in [0.1, 0.15) is 5.82 Å². The summed E-state index contributed by atoms with van der Waals surface area (Å²) in [6, 6.07) is 1.47. The summed E-state index contributed by atoms with van der Waals surface area (Å²) in [5.41, 5.74) is 0.477. The van der Waals surface area contributed by atoms with Crippen molar-refractivity contribution < 1.29 is 13.9 Å². The summed E-state index contributed by atoms with van der Waals surface area (Å²) in [5.74, 6) is -0.316. The van der Waals surface area contributed by atoms with Gasteiger partial charge in [0.2, 0.25) is 0 Å². The van der Waals surface area contributed by atoms with Gasteiger partial charge in [-0.3, -0.25) is 4.98 Å². The summed E-state index contributed by atoms with van der Waals surface area (Å²) >= 11 is 0. The van der Waals surface area contributed by atoms with E-state index < -0.39 is 0 Å². The van der Waals surface area contributed by atoms with E-state index in [1.807, 2.05) is 0 Å². The number of nitrogens with zero attached hydrogens (tertiary/aromatic N) is 1. The van der Waals surface area contributed by atoms with Crippen LogP contribution in [0.3, 0.4) is 0 Å². The number of aromatic nitrogens is 1. The average Bonchev–Trinajstić information content (AvgIpc) is 2.48. The Balaban J connectivity index is 2.29. The van der Waals surface area contributed by atoms with Gasteiger partial charge in [0.15, 0.2) is 0 Å². The van der Waals surface area contributed by atoms with Crippen molar-refractivity contribution >= 4 is 0 Å². The van der Waals surface area contributed by atoms with E-state index >= 15 is 0 Å². The standard InChI is InChI=1S/C15H23FN2O2/c1-3-6-18-14(12-9-13(16)11-17-10-12)15(19-2)4-7-20-8-5-15/h9-11,14,18H,3-8H2,1-2H3. The van der Waals surface area contributed by atoms with E-state index in [-0.39, 0.29) is 17.5 Å². The lowest BCUT2D eigenvalue weighted by molar-refractivity contribution is -0.111. The molecule has 112 valence electrons. The quantitative estimate of drug-likeness (QED) is 0.870. The second kappa shape index (κ2) is 7.11. The minimum Gasteiger partial charge on any atom is -0.381 e. The van der Waals surface area contributed by atoms with Crippen molar-refractivity contribution in [3.8, 4) is 0 Å². The molecule has 5 heteroatoms. The van der Waals surface area contributed by atoms with E-state index in [1.165, 1.54) is 12.3 Å². The zero-order valence-corrected chi connectivity index (χ0v) is 12.2. The van der Waals surface area contributed by atoms with Crippen LogP contribution in [-0.4, -0.2) is 37.5 Å². The monoisotopic (exact) mass is 282 g/mol. The molecule has 1 atom stereocenters. The van der Waals surface area contributed by atoms with E-state index in [0.717, 1.165) is 31.4 Å². The molecule has 0 bridgehead atoms. The lowest BCUT2D eigenvalue weighted by Crippen LogP contribution is -2.49. The topological polar surface area (TPSA) is 43.4 Å². The fraction of sp³-hybridized carbons (Fsp3) is 0.667. The van der Waals surface area contributed by atoms with Crippen LogP contribution in [0.25, 0.3) is 0 Å². The third kappa shape index (κ3) is 3.34. The van der Waals surface area contributed by atoms with Crippen molar-refractivity contribution in [3.05, 3.63) is 29.8 Å². The van der Waals surface area contributed by atoms with Crippen molar-refractivity contribution in [1.82, 2.24) is 10.3 Å². The van der Waals surface area contributed by atoms with E-state index in [1.54, 1.807) is 13.3 Å². The summed E-state index contributed by atoms with van der Waals surface area (Å²) in [4.78, 5) is 3.97. The van der Waals surface area contributed by atoms with E-state index in [9.17, 15) is 4.39 Å². The molecule has 1 aromatic heterocycles. The maximum Gasteiger partial charge on any atom is 0.141 e. The van der Waals surface area contributed by atoms with Crippen molar-refractivity contribution in [2.45, 2.75) is 37.8 Å². The van der Waals surface area contributed by atoms with E-state index in [4.69, 9.17) is 9.47 Å². The molecule has 0 aliphatic carbocycles. The summed E-state index contributed by atoms with van der Waals surface area (Å²) in [6.45, 7) is 4.30. The first-order valence-electron chi connectivity index (χ1n) is 7.18. The Bertz CT molecular complexity index is 422. The minimum atomic E-state index is -0.358. The number of hydrogen-bond acceptors (Lipinski definition) is 4. The fourth-order valence-electron chi connectivity index (χ4n) is 2.81. The fourth-order valence-corrected chi connectivity index (χ4v) is 2.81. The SMILES string of the molecule is CCCNC(c1cncc(F)c1)C1(OC)CCOCC1. The average molecular weight is 282 g/mol. The van der Waals surface area contributed by atoms with Crippen molar-refractivity contribution in [2.24, 2.45) is 0 Å². The molecule has 1 aliphatic heterocycles. The number of hydrogen-bond donors (Lipinski definition) is 1. The summed E-state index contributed by atoms with van der Waals surface area (Å²) in [6.07, 6.45) is 5.54. The third-order valence-corrected chi connectivity index (χ3v) is 3.93. The lowest BCUT2D eigenvalue weighted by Gasteiger charge is -2.42. The Labute approximate surface area is 119 Å². The molecule has 0 aromatic carbocycles. The molecule has 1 fully saturated rings. The number of pyridine rings is 1. The highest BCUT2D eigenvalue weighted by atomic mass is 19.1. The second-order valence-corrected chi connectivity index (χ2v) is 5.20. The number of halogens is 1. The molecule has 1 N–H and O–H groups in total. The van der Waals surface area contributed by atoms with Crippen LogP contribution in [0.4, 0.5) is 4.39 Å². The molecule has 0 spiro atoms. The molecule has 1 saturated heterocycles. The predicted octanol–water partition coefficient (Wildman–Crippen LogP) is 2.46. The Kier molecular flexibility index (Phi) is 5.46. The van der Waals surface area contributed by atoms with Gasteiger partial charge in [-0.05, 0) is 24.6 Å². The van der Waals surface area contributed by atoms with E-state index in [2.05, 4.69) is 17.2 Å². The molecule has 2 heterocycles. The molecular weight excluding hydrogens is 259 g/mol. The van der Waals surface area contributed by atoms with Crippen LogP contribution in [0.15, 0.2) is 18.5 Å². The molecule has 2 rings (SSSR count). The molecule has 20 heavy (non-hydrogen) atoms. The largest absolute Gasteiger partial charge is 0.381 e. The smallest absolute Gasteiger partial charge is 0.141 e. The Morgan fingerprint density at radius 1 is 1.45 bits per heavy atom. The Hall–Kier alpha value is -1.04. The van der Waals surface area contributed by atoms with Crippen LogP contribution in [-0.2, 0) is 9.47 Å². The predicted molar refractivity (Wildman–Crippen MR) is 75.0 cm³/mol. The van der Waals surface area contributed by atoms with Gasteiger partial charge in [0.05, 0.1) is 17.8 Å². The lowest BCUT2D eigenvalue weighted by atomic mass is 9.82. The first-order valence-corrected chi connectivity index (χ1v) is 7.18. The van der Waals surface area contributed by atoms with Crippen LogP contribution < -0.4 is 5.32 Å². The zero-order valence-electron chi connectivity index (χ0n) is 12.2. The van der Waals surface area contributed by atoms with Gasteiger partial charge in [-0.25, -0.2) is 4.39 Å². The maximum atomic E-state index is 13.5. The van der Waals surface area contributed by atoms with Crippen molar-refractivity contribution in [3.63, 3.8) is 0 Å². The van der Waals surface area contributed by atoms with Gasteiger partial charge >= 0.3 is 0 Å². The second-order valence-electron chi connectivity index (χ2n) is 5.20. The van der Waals surface area contributed by atoms with Gasteiger partial charge in [-0.2, -0.15) is 0 Å². The van der Waals surface area contributed by atoms with Crippen molar-refractivity contribution in [1.29, 1.82) is 0 Å². The maximum absolute atomic E-state index is 13.5. The van der Waals surface area contributed by atoms with Crippen LogP contribution in [0.1, 0.15) is 37.8 Å². The molecule has 0 amide bonds. The highest BCUT2D eigenvalue weighted by Gasteiger charge is 2.41. The molecule has 1 aromatic rings. The molecule has 0 saturated carbocycles. The molecule has 0 radical (unpaired) electrons. The Morgan fingerprint density at radius 3 is 2.80 bits per heavy atom. The Morgan fingerprint density at radius 2 is 2.20 bits per heavy atom. The first-order chi connectivity index (χ1) is 9.72. The first kappa shape index (κ1) is 15.4. The highest BCUT2D eigenvalue weighted by Crippen LogP contribution is 2.37. The summed E-state index contributed by atoms with van der Waals surface area (Å²) in [7, 11) is 1.72. The highest BCUT2D eigenvalue weighted by molar-refractivity contribution is 5.20. The van der Waals surface area contributed by atoms with E-state index in [0.29, 0.717) is 13.2 Å². The normalized spacial score (nSPS) is 19.8. The van der Waals surface area contributed by atoms with Gasteiger partial charge in [0.25, 0.3) is 0 Å². The van der Waals surface area contributed by atoms with Gasteiger partial charge in [-0.1, -0.05) is 6.92 Å².